The number of rotatable bonds is 2. The van der Waals surface area contributed by atoms with Gasteiger partial charge in [-0.1, -0.05) is 0 Å². The Morgan fingerprint density at radius 3 is 2.38 bits per heavy atom. The molecule has 13 heavy (non-hydrogen) atoms. The number of aromatic nitrogens is 1. The number of hydrogen-bond acceptors (Lipinski definition) is 3. The Labute approximate surface area is 72.1 Å². The number of hydrogen-bond donors (Lipinski definition) is 0. The van der Waals surface area contributed by atoms with Crippen LogP contribution in [0.5, 0.6) is 11.6 Å². The van der Waals surface area contributed by atoms with Crippen LogP contribution in [0.15, 0.2) is 18.3 Å². The molecule has 1 aromatic rings. The van der Waals surface area contributed by atoms with Crippen molar-refractivity contribution in [2.45, 2.75) is 6.36 Å². The van der Waals surface area contributed by atoms with Gasteiger partial charge in [0.15, 0.2) is 0 Å². The summed E-state index contributed by atoms with van der Waals surface area (Å²) in [5.74, 6) is -0.136. The smallest absolute Gasteiger partial charge is 0.495 e. The van der Waals surface area contributed by atoms with Crippen LogP contribution in [0.3, 0.4) is 0 Å². The highest BCUT2D eigenvalue weighted by atomic mass is 19.4. The second-order valence-electron chi connectivity index (χ2n) is 2.08. The first-order chi connectivity index (χ1) is 6.01. The van der Waals surface area contributed by atoms with Crippen molar-refractivity contribution < 1.29 is 22.6 Å². The van der Waals surface area contributed by atoms with Crippen LogP contribution in [0.2, 0.25) is 0 Å². The molecule has 0 spiro atoms. The maximum Gasteiger partial charge on any atom is 0.574 e. The van der Waals surface area contributed by atoms with Gasteiger partial charge in [-0.05, 0) is 6.07 Å². The molecule has 0 aromatic carbocycles. The first-order valence-electron chi connectivity index (χ1n) is 3.27. The summed E-state index contributed by atoms with van der Waals surface area (Å²) in [5.41, 5.74) is 0. The lowest BCUT2D eigenvalue weighted by Crippen LogP contribution is -2.17. The quantitative estimate of drug-likeness (QED) is 0.719. The van der Waals surface area contributed by atoms with E-state index in [2.05, 4.69) is 9.72 Å². The van der Waals surface area contributed by atoms with Gasteiger partial charge in [0.1, 0.15) is 5.75 Å². The van der Waals surface area contributed by atoms with Gasteiger partial charge in [0.25, 0.3) is 0 Å². The molecule has 6 heteroatoms. The molecular weight excluding hydrogens is 187 g/mol. The topological polar surface area (TPSA) is 31.4 Å². The fraction of sp³-hybridized carbons (Fsp3) is 0.286. The molecule has 72 valence electrons. The predicted octanol–water partition coefficient (Wildman–Crippen LogP) is 1.99. The van der Waals surface area contributed by atoms with E-state index in [0.717, 1.165) is 12.3 Å². The molecule has 1 rings (SSSR count). The van der Waals surface area contributed by atoms with Crippen LogP contribution in [-0.2, 0) is 0 Å². The standard InChI is InChI=1S/C7H6F3NO2/c1-12-5-2-3-6(11-4-5)13-7(8,9)10/h2-4H,1H3. The van der Waals surface area contributed by atoms with Crippen LogP contribution in [0.1, 0.15) is 0 Å². The molecule has 0 atom stereocenters. The molecule has 0 amide bonds. The summed E-state index contributed by atoms with van der Waals surface area (Å²) in [5, 5.41) is 0. The van der Waals surface area contributed by atoms with E-state index in [1.807, 2.05) is 0 Å². The van der Waals surface area contributed by atoms with Gasteiger partial charge >= 0.3 is 6.36 Å². The molecule has 0 aliphatic heterocycles. The van der Waals surface area contributed by atoms with Gasteiger partial charge in [0.2, 0.25) is 5.88 Å². The van der Waals surface area contributed by atoms with Crippen molar-refractivity contribution in [3.05, 3.63) is 18.3 Å². The number of alkyl halides is 3. The molecule has 3 nitrogen and oxygen atoms in total. The van der Waals surface area contributed by atoms with Crippen molar-refractivity contribution in [2.24, 2.45) is 0 Å². The summed E-state index contributed by atoms with van der Waals surface area (Å²) in [6.07, 6.45) is -3.57. The Morgan fingerprint density at radius 1 is 1.31 bits per heavy atom. The van der Waals surface area contributed by atoms with E-state index < -0.39 is 12.2 Å². The molecule has 0 N–H and O–H groups in total. The van der Waals surface area contributed by atoms with Crippen LogP contribution in [0.25, 0.3) is 0 Å². The van der Waals surface area contributed by atoms with Crippen molar-refractivity contribution in [3.8, 4) is 11.6 Å². The molecule has 0 unspecified atom stereocenters. The Hall–Kier alpha value is -1.46. The van der Waals surface area contributed by atoms with Gasteiger partial charge in [0.05, 0.1) is 13.3 Å². The monoisotopic (exact) mass is 193 g/mol. The van der Waals surface area contributed by atoms with E-state index in [9.17, 15) is 13.2 Å². The van der Waals surface area contributed by atoms with Crippen LogP contribution in [0.4, 0.5) is 13.2 Å². The fourth-order valence-corrected chi connectivity index (χ4v) is 0.666. The molecule has 0 radical (unpaired) electrons. The summed E-state index contributed by atoms with van der Waals surface area (Å²) >= 11 is 0. The van der Waals surface area contributed by atoms with Crippen LogP contribution >= 0.6 is 0 Å². The Balaban J connectivity index is 2.70. The lowest BCUT2D eigenvalue weighted by molar-refractivity contribution is -0.276. The molecule has 0 saturated carbocycles. The number of nitrogens with zero attached hydrogens (tertiary/aromatic N) is 1. The zero-order valence-corrected chi connectivity index (χ0v) is 6.63. The second kappa shape index (κ2) is 3.51. The highest BCUT2D eigenvalue weighted by Gasteiger charge is 2.31. The van der Waals surface area contributed by atoms with Gasteiger partial charge in [0, 0.05) is 6.07 Å². The number of pyridine rings is 1. The zero-order chi connectivity index (χ0) is 9.90. The van der Waals surface area contributed by atoms with Crippen molar-refractivity contribution >= 4 is 0 Å². The number of methoxy groups -OCH3 is 1. The second-order valence-corrected chi connectivity index (χ2v) is 2.08. The van der Waals surface area contributed by atoms with Gasteiger partial charge in [-0.25, -0.2) is 4.98 Å². The Bertz CT molecular complexity index is 270. The minimum atomic E-state index is -4.71. The minimum absolute atomic E-state index is 0.370. The van der Waals surface area contributed by atoms with Crippen molar-refractivity contribution in [1.82, 2.24) is 4.98 Å². The summed E-state index contributed by atoms with van der Waals surface area (Å²) in [6, 6.07) is 2.40. The van der Waals surface area contributed by atoms with Crippen molar-refractivity contribution in [1.29, 1.82) is 0 Å². The maximum atomic E-state index is 11.6. The van der Waals surface area contributed by atoms with Crippen LogP contribution < -0.4 is 9.47 Å². The fourth-order valence-electron chi connectivity index (χ4n) is 0.666. The van der Waals surface area contributed by atoms with Crippen molar-refractivity contribution in [2.75, 3.05) is 7.11 Å². The highest BCUT2D eigenvalue weighted by molar-refractivity contribution is 5.22. The predicted molar refractivity (Wildman–Crippen MR) is 37.5 cm³/mol. The minimum Gasteiger partial charge on any atom is -0.495 e. The average Bonchev–Trinajstić information content (AvgIpc) is 2.03. The van der Waals surface area contributed by atoms with E-state index in [1.54, 1.807) is 0 Å². The largest absolute Gasteiger partial charge is 0.574 e. The molecule has 0 bridgehead atoms. The highest BCUT2D eigenvalue weighted by Crippen LogP contribution is 2.21. The van der Waals surface area contributed by atoms with Gasteiger partial charge in [-0.2, -0.15) is 0 Å². The molecule has 0 aliphatic carbocycles. The summed E-state index contributed by atoms with van der Waals surface area (Å²) in [7, 11) is 1.39. The number of ether oxygens (including phenoxy) is 2. The Morgan fingerprint density at radius 2 is 2.00 bits per heavy atom. The van der Waals surface area contributed by atoms with E-state index >= 15 is 0 Å². The lowest BCUT2D eigenvalue weighted by atomic mass is 10.4. The van der Waals surface area contributed by atoms with Gasteiger partial charge < -0.3 is 9.47 Å². The van der Waals surface area contributed by atoms with E-state index in [0.29, 0.717) is 5.75 Å². The first kappa shape index (κ1) is 9.63. The summed E-state index contributed by atoms with van der Waals surface area (Å²) < 4.78 is 43.1. The SMILES string of the molecule is COc1ccc(OC(F)(F)F)nc1. The molecule has 0 fully saturated rings. The summed E-state index contributed by atoms with van der Waals surface area (Å²) in [4.78, 5) is 3.37. The normalized spacial score (nSPS) is 11.1. The van der Waals surface area contributed by atoms with E-state index in [1.165, 1.54) is 13.2 Å². The first-order valence-corrected chi connectivity index (χ1v) is 3.27. The van der Waals surface area contributed by atoms with Crippen molar-refractivity contribution in [3.63, 3.8) is 0 Å². The summed E-state index contributed by atoms with van der Waals surface area (Å²) in [6.45, 7) is 0. The molecule has 1 aromatic heterocycles. The Kier molecular flexibility index (Phi) is 2.60. The number of halogens is 3. The zero-order valence-electron chi connectivity index (χ0n) is 6.63. The third-order valence-corrected chi connectivity index (χ3v) is 1.17. The van der Waals surface area contributed by atoms with E-state index in [4.69, 9.17) is 4.74 Å². The van der Waals surface area contributed by atoms with Gasteiger partial charge in [-0.15, -0.1) is 13.2 Å². The third-order valence-electron chi connectivity index (χ3n) is 1.17. The lowest BCUT2D eigenvalue weighted by Gasteiger charge is -2.07. The molecule has 1 heterocycles. The third kappa shape index (κ3) is 3.18. The van der Waals surface area contributed by atoms with Crippen LogP contribution in [-0.4, -0.2) is 18.5 Å². The average molecular weight is 193 g/mol. The molecule has 0 aliphatic rings. The van der Waals surface area contributed by atoms with Crippen LogP contribution in [0, 0.1) is 0 Å². The van der Waals surface area contributed by atoms with Gasteiger partial charge in [-0.3, -0.25) is 0 Å². The maximum absolute atomic E-state index is 11.6. The molecular formula is C7H6F3NO2. The molecule has 0 saturated heterocycles. The van der Waals surface area contributed by atoms with E-state index in [-0.39, 0.29) is 0 Å².